The summed E-state index contributed by atoms with van der Waals surface area (Å²) in [6, 6.07) is 0. The van der Waals surface area contributed by atoms with Crippen molar-refractivity contribution >= 4 is 46.8 Å². The second-order valence-corrected chi connectivity index (χ2v) is 6.34. The molecule has 1 fully saturated rings. The first kappa shape index (κ1) is 10.2. The summed E-state index contributed by atoms with van der Waals surface area (Å²) in [6.45, 7) is 3.07. The lowest BCUT2D eigenvalue weighted by Crippen LogP contribution is -2.32. The number of nitrogens with zero attached hydrogens (tertiary/aromatic N) is 1. The van der Waals surface area contributed by atoms with Gasteiger partial charge in [0, 0.05) is 13.1 Å². The molecule has 0 amide bonds. The molecule has 0 aromatic carbocycles. The molecule has 0 N–H and O–H groups in total. The van der Waals surface area contributed by atoms with E-state index in [0.717, 1.165) is 13.1 Å². The zero-order valence-electron chi connectivity index (χ0n) is 5.73. The fourth-order valence-electron chi connectivity index (χ4n) is 0.784. The second-order valence-electron chi connectivity index (χ2n) is 2.08. The molecule has 1 rings (SSSR count). The number of halogens is 3. The van der Waals surface area contributed by atoms with E-state index in [2.05, 4.69) is 0 Å². The third kappa shape index (κ3) is 4.65. The molecular formula is C5H8Cl3NOS. The maximum atomic E-state index is 5.58. The van der Waals surface area contributed by atoms with Crippen molar-refractivity contribution in [3.63, 3.8) is 0 Å². The molecule has 1 heterocycles. The van der Waals surface area contributed by atoms with Crippen molar-refractivity contribution in [1.29, 1.82) is 0 Å². The van der Waals surface area contributed by atoms with Gasteiger partial charge in [-0.3, -0.25) is 0 Å². The summed E-state index contributed by atoms with van der Waals surface area (Å²) in [5, 5.41) is 0. The normalized spacial score (nSPS) is 22.1. The van der Waals surface area contributed by atoms with Crippen LogP contribution < -0.4 is 0 Å². The predicted molar refractivity (Wildman–Crippen MR) is 50.3 cm³/mol. The number of hydrogen-bond acceptors (Lipinski definition) is 3. The highest BCUT2D eigenvalue weighted by atomic mass is 35.6. The van der Waals surface area contributed by atoms with E-state index in [1.54, 1.807) is 0 Å². The Labute approximate surface area is 85.2 Å². The summed E-state index contributed by atoms with van der Waals surface area (Å²) in [5.41, 5.74) is 0. The molecule has 1 aliphatic rings. The minimum absolute atomic E-state index is 0.716. The third-order valence-electron chi connectivity index (χ3n) is 1.20. The van der Waals surface area contributed by atoms with Crippen LogP contribution in [0.4, 0.5) is 0 Å². The fourth-order valence-corrected chi connectivity index (χ4v) is 2.29. The van der Waals surface area contributed by atoms with Gasteiger partial charge in [-0.1, -0.05) is 34.8 Å². The highest BCUT2D eigenvalue weighted by molar-refractivity contribution is 8.02. The van der Waals surface area contributed by atoms with Gasteiger partial charge in [0.15, 0.2) is 0 Å². The lowest BCUT2D eigenvalue weighted by molar-refractivity contribution is 0.0773. The fraction of sp³-hybridized carbons (Fsp3) is 1.00. The summed E-state index contributed by atoms with van der Waals surface area (Å²) < 4.78 is 5.89. The van der Waals surface area contributed by atoms with Crippen molar-refractivity contribution < 1.29 is 4.74 Å². The molecule has 0 spiro atoms. The van der Waals surface area contributed by atoms with Crippen LogP contribution >= 0.6 is 46.8 Å². The molecule has 0 saturated carbocycles. The van der Waals surface area contributed by atoms with Crippen LogP contribution in [0.15, 0.2) is 0 Å². The van der Waals surface area contributed by atoms with E-state index in [4.69, 9.17) is 39.5 Å². The first-order valence-electron chi connectivity index (χ1n) is 3.16. The quantitative estimate of drug-likeness (QED) is 0.512. The summed E-state index contributed by atoms with van der Waals surface area (Å²) in [5.74, 6) is 0. The second kappa shape index (κ2) is 4.40. The van der Waals surface area contributed by atoms with Crippen LogP contribution in [0, 0.1) is 0 Å². The van der Waals surface area contributed by atoms with Gasteiger partial charge in [-0.15, -0.1) is 0 Å². The minimum Gasteiger partial charge on any atom is -0.379 e. The molecule has 11 heavy (non-hydrogen) atoms. The Morgan fingerprint density at radius 1 is 1.18 bits per heavy atom. The van der Waals surface area contributed by atoms with Gasteiger partial charge in [-0.25, -0.2) is 4.31 Å². The SMILES string of the molecule is ClC(Cl)(Cl)SN1CCOCC1. The Hall–Kier alpha value is 1.14. The molecular weight excluding hydrogens is 228 g/mol. The van der Waals surface area contributed by atoms with Crippen molar-refractivity contribution in [3.8, 4) is 0 Å². The summed E-state index contributed by atoms with van der Waals surface area (Å²) in [6.07, 6.45) is 0. The molecule has 0 aromatic rings. The van der Waals surface area contributed by atoms with Crippen molar-refractivity contribution in [3.05, 3.63) is 0 Å². The Morgan fingerprint density at radius 3 is 2.18 bits per heavy atom. The predicted octanol–water partition coefficient (Wildman–Crippen LogP) is 2.29. The van der Waals surface area contributed by atoms with E-state index in [0.29, 0.717) is 13.2 Å². The van der Waals surface area contributed by atoms with Gasteiger partial charge in [-0.2, -0.15) is 0 Å². The van der Waals surface area contributed by atoms with Crippen LogP contribution in [0.3, 0.4) is 0 Å². The van der Waals surface area contributed by atoms with Crippen LogP contribution in [0.25, 0.3) is 0 Å². The monoisotopic (exact) mass is 235 g/mol. The van der Waals surface area contributed by atoms with E-state index >= 15 is 0 Å². The smallest absolute Gasteiger partial charge is 0.251 e. The van der Waals surface area contributed by atoms with Crippen LogP contribution in [-0.4, -0.2) is 33.7 Å². The summed E-state index contributed by atoms with van der Waals surface area (Å²) in [7, 11) is 0. The van der Waals surface area contributed by atoms with Gasteiger partial charge in [0.1, 0.15) is 0 Å². The van der Waals surface area contributed by atoms with Crippen molar-refractivity contribution in [2.24, 2.45) is 0 Å². The van der Waals surface area contributed by atoms with E-state index < -0.39 is 3.12 Å². The number of ether oxygens (including phenoxy) is 1. The van der Waals surface area contributed by atoms with Crippen LogP contribution in [0.5, 0.6) is 0 Å². The lowest BCUT2D eigenvalue weighted by atomic mass is 10.5. The van der Waals surface area contributed by atoms with Gasteiger partial charge in [0.2, 0.25) is 0 Å². The largest absolute Gasteiger partial charge is 0.379 e. The zero-order valence-corrected chi connectivity index (χ0v) is 8.81. The highest BCUT2D eigenvalue weighted by Crippen LogP contribution is 2.40. The Bertz CT molecular complexity index is 123. The molecule has 0 unspecified atom stereocenters. The topological polar surface area (TPSA) is 12.5 Å². The molecule has 0 bridgehead atoms. The Balaban J connectivity index is 2.24. The van der Waals surface area contributed by atoms with Gasteiger partial charge in [0.05, 0.1) is 13.2 Å². The first-order chi connectivity index (χ1) is 5.08. The van der Waals surface area contributed by atoms with Crippen molar-refractivity contribution in [2.45, 2.75) is 3.12 Å². The summed E-state index contributed by atoms with van der Waals surface area (Å²) >= 11 is 18.0. The van der Waals surface area contributed by atoms with Gasteiger partial charge in [0.25, 0.3) is 3.12 Å². The summed E-state index contributed by atoms with van der Waals surface area (Å²) in [4.78, 5) is 0. The number of alkyl halides is 3. The average molecular weight is 237 g/mol. The molecule has 2 nitrogen and oxygen atoms in total. The standard InChI is InChI=1S/C5H8Cl3NOS/c6-5(7,8)11-9-1-3-10-4-2-9/h1-4H2. The van der Waals surface area contributed by atoms with Crippen LogP contribution in [-0.2, 0) is 4.74 Å². The molecule has 66 valence electrons. The van der Waals surface area contributed by atoms with Gasteiger partial charge < -0.3 is 4.74 Å². The lowest BCUT2D eigenvalue weighted by Gasteiger charge is -2.27. The third-order valence-corrected chi connectivity index (χ3v) is 2.65. The van der Waals surface area contributed by atoms with E-state index in [1.807, 2.05) is 4.31 Å². The molecule has 0 radical (unpaired) electrons. The Morgan fingerprint density at radius 2 is 1.73 bits per heavy atom. The molecule has 1 aliphatic heterocycles. The van der Waals surface area contributed by atoms with Crippen molar-refractivity contribution in [1.82, 2.24) is 4.31 Å². The van der Waals surface area contributed by atoms with E-state index in [-0.39, 0.29) is 0 Å². The first-order valence-corrected chi connectivity index (χ1v) is 5.07. The maximum Gasteiger partial charge on any atom is 0.251 e. The highest BCUT2D eigenvalue weighted by Gasteiger charge is 2.26. The molecule has 0 aliphatic carbocycles. The number of morpholine rings is 1. The molecule has 1 saturated heterocycles. The Kier molecular flexibility index (Phi) is 4.09. The minimum atomic E-state index is -1.24. The number of rotatable bonds is 1. The zero-order chi connectivity index (χ0) is 8.32. The van der Waals surface area contributed by atoms with Crippen LogP contribution in [0.1, 0.15) is 0 Å². The van der Waals surface area contributed by atoms with Crippen LogP contribution in [0.2, 0.25) is 0 Å². The number of hydrogen-bond donors (Lipinski definition) is 0. The van der Waals surface area contributed by atoms with Crippen molar-refractivity contribution in [2.75, 3.05) is 26.3 Å². The average Bonchev–Trinajstić information content (AvgIpc) is 1.85. The molecule has 0 atom stereocenters. The van der Waals surface area contributed by atoms with E-state index in [9.17, 15) is 0 Å². The molecule has 6 heteroatoms. The van der Waals surface area contributed by atoms with Gasteiger partial charge >= 0.3 is 0 Å². The van der Waals surface area contributed by atoms with E-state index in [1.165, 1.54) is 11.9 Å². The van der Waals surface area contributed by atoms with Gasteiger partial charge in [-0.05, 0) is 11.9 Å². The maximum absolute atomic E-state index is 5.58. The molecule has 0 aromatic heterocycles.